The van der Waals surface area contributed by atoms with Crippen LogP contribution in [0.5, 0.6) is 0 Å². The standard InChI is InChI=1S/C19H29F3N4/c1-13-17(24-12-14-2-4-16(23)5-3-14)6-7-18(25-13)26-10-8-15(9-11-26)19(20,21)22/h6-7,14-16,24H,2-5,8-12,23H2,1H3. The number of nitrogens with one attached hydrogen (secondary N) is 1. The second kappa shape index (κ2) is 8.03. The Balaban J connectivity index is 1.53. The van der Waals surface area contributed by atoms with Crippen LogP contribution in [0.4, 0.5) is 24.7 Å². The molecule has 7 heteroatoms. The molecule has 0 bridgehead atoms. The van der Waals surface area contributed by atoms with Crippen LogP contribution in [0.15, 0.2) is 12.1 Å². The highest BCUT2D eigenvalue weighted by molar-refractivity contribution is 5.53. The van der Waals surface area contributed by atoms with Crippen molar-refractivity contribution in [2.75, 3.05) is 29.9 Å². The Kier molecular flexibility index (Phi) is 5.95. The average molecular weight is 370 g/mol. The van der Waals surface area contributed by atoms with Gasteiger partial charge >= 0.3 is 6.18 Å². The molecule has 1 aliphatic carbocycles. The Morgan fingerprint density at radius 3 is 2.35 bits per heavy atom. The molecular formula is C19H29F3N4. The Morgan fingerprint density at radius 2 is 1.77 bits per heavy atom. The third-order valence-corrected chi connectivity index (χ3v) is 5.83. The summed E-state index contributed by atoms with van der Waals surface area (Å²) >= 11 is 0. The van der Waals surface area contributed by atoms with Crippen LogP contribution in [-0.2, 0) is 0 Å². The first kappa shape index (κ1) is 19.3. The van der Waals surface area contributed by atoms with E-state index in [1.54, 1.807) is 0 Å². The number of aromatic nitrogens is 1. The van der Waals surface area contributed by atoms with Gasteiger partial charge in [0.05, 0.1) is 17.3 Å². The van der Waals surface area contributed by atoms with Gasteiger partial charge in [-0.15, -0.1) is 0 Å². The van der Waals surface area contributed by atoms with Crippen LogP contribution < -0.4 is 16.0 Å². The summed E-state index contributed by atoms with van der Waals surface area (Å²) in [6.07, 6.45) is 0.723. The van der Waals surface area contributed by atoms with Crippen molar-refractivity contribution < 1.29 is 13.2 Å². The van der Waals surface area contributed by atoms with E-state index in [2.05, 4.69) is 10.3 Å². The number of nitrogens with two attached hydrogens (primary N) is 1. The van der Waals surface area contributed by atoms with Gasteiger partial charge in [0.1, 0.15) is 5.82 Å². The number of piperidine rings is 1. The van der Waals surface area contributed by atoms with Crippen LogP contribution >= 0.6 is 0 Å². The highest BCUT2D eigenvalue weighted by Crippen LogP contribution is 2.35. The van der Waals surface area contributed by atoms with E-state index in [9.17, 15) is 13.2 Å². The van der Waals surface area contributed by atoms with Gasteiger partial charge in [-0.2, -0.15) is 13.2 Å². The average Bonchev–Trinajstić information content (AvgIpc) is 2.61. The summed E-state index contributed by atoms with van der Waals surface area (Å²) in [6, 6.07) is 4.28. The summed E-state index contributed by atoms with van der Waals surface area (Å²) in [5.74, 6) is 0.247. The largest absolute Gasteiger partial charge is 0.391 e. The van der Waals surface area contributed by atoms with Gasteiger partial charge in [-0.25, -0.2) is 4.98 Å². The van der Waals surface area contributed by atoms with E-state index in [1.165, 1.54) is 0 Å². The minimum absolute atomic E-state index is 0.147. The van der Waals surface area contributed by atoms with E-state index in [0.717, 1.165) is 49.4 Å². The molecule has 26 heavy (non-hydrogen) atoms. The third-order valence-electron chi connectivity index (χ3n) is 5.83. The summed E-state index contributed by atoms with van der Waals surface area (Å²) in [5.41, 5.74) is 7.86. The minimum Gasteiger partial charge on any atom is -0.383 e. The summed E-state index contributed by atoms with van der Waals surface area (Å²) < 4.78 is 38.4. The first-order chi connectivity index (χ1) is 12.3. The second-order valence-corrected chi connectivity index (χ2v) is 7.77. The van der Waals surface area contributed by atoms with Crippen LogP contribution in [-0.4, -0.2) is 36.8 Å². The molecular weight excluding hydrogens is 341 g/mol. The molecule has 0 unspecified atom stereocenters. The lowest BCUT2D eigenvalue weighted by molar-refractivity contribution is -0.179. The number of anilines is 2. The molecule has 4 nitrogen and oxygen atoms in total. The first-order valence-corrected chi connectivity index (χ1v) is 9.61. The smallest absolute Gasteiger partial charge is 0.383 e. The van der Waals surface area contributed by atoms with E-state index >= 15 is 0 Å². The highest BCUT2D eigenvalue weighted by Gasteiger charge is 2.41. The molecule has 146 valence electrons. The Labute approximate surface area is 153 Å². The molecule has 1 aliphatic heterocycles. The predicted octanol–water partition coefficient (Wildman–Crippen LogP) is 4.10. The number of aryl methyl sites for hydroxylation is 1. The molecule has 0 aromatic carbocycles. The molecule has 0 atom stereocenters. The lowest BCUT2D eigenvalue weighted by Gasteiger charge is -2.34. The lowest BCUT2D eigenvalue weighted by Crippen LogP contribution is -2.39. The van der Waals surface area contributed by atoms with Gasteiger partial charge in [-0.3, -0.25) is 0 Å². The molecule has 0 amide bonds. The van der Waals surface area contributed by atoms with Crippen LogP contribution in [0.3, 0.4) is 0 Å². The number of hydrogen-bond acceptors (Lipinski definition) is 4. The Hall–Kier alpha value is -1.50. The number of rotatable bonds is 4. The van der Waals surface area contributed by atoms with E-state index < -0.39 is 12.1 Å². The normalized spacial score (nSPS) is 25.3. The van der Waals surface area contributed by atoms with Gasteiger partial charge in [0, 0.05) is 25.7 Å². The van der Waals surface area contributed by atoms with E-state index in [4.69, 9.17) is 5.73 Å². The molecule has 0 spiro atoms. The fourth-order valence-corrected chi connectivity index (χ4v) is 3.99. The first-order valence-electron chi connectivity index (χ1n) is 9.61. The Morgan fingerprint density at radius 1 is 1.12 bits per heavy atom. The van der Waals surface area contributed by atoms with Crippen molar-refractivity contribution in [1.29, 1.82) is 0 Å². The number of hydrogen-bond donors (Lipinski definition) is 2. The SMILES string of the molecule is Cc1nc(N2CCC(C(F)(F)F)CC2)ccc1NCC1CCC(N)CC1. The van der Waals surface area contributed by atoms with E-state index in [1.807, 2.05) is 24.0 Å². The van der Waals surface area contributed by atoms with Gasteiger partial charge < -0.3 is 16.0 Å². The van der Waals surface area contributed by atoms with Crippen molar-refractivity contribution in [3.63, 3.8) is 0 Å². The maximum Gasteiger partial charge on any atom is 0.391 e. The molecule has 1 aromatic rings. The number of alkyl halides is 3. The zero-order valence-corrected chi connectivity index (χ0v) is 15.4. The number of nitrogens with zero attached hydrogens (tertiary/aromatic N) is 2. The third kappa shape index (κ3) is 4.81. The summed E-state index contributed by atoms with van der Waals surface area (Å²) in [6.45, 7) is 3.69. The van der Waals surface area contributed by atoms with Crippen LogP contribution in [0, 0.1) is 18.8 Å². The molecule has 1 saturated heterocycles. The van der Waals surface area contributed by atoms with Gasteiger partial charge in [0.15, 0.2) is 0 Å². The topological polar surface area (TPSA) is 54.2 Å². The van der Waals surface area contributed by atoms with Crippen LogP contribution in [0.25, 0.3) is 0 Å². The maximum atomic E-state index is 12.8. The summed E-state index contributed by atoms with van der Waals surface area (Å²) in [5, 5.41) is 3.48. The zero-order chi connectivity index (χ0) is 18.7. The van der Waals surface area contributed by atoms with E-state index in [-0.39, 0.29) is 12.8 Å². The molecule has 0 radical (unpaired) electrons. The molecule has 1 saturated carbocycles. The maximum absolute atomic E-state index is 12.8. The van der Waals surface area contributed by atoms with Crippen molar-refractivity contribution in [2.24, 2.45) is 17.6 Å². The van der Waals surface area contributed by atoms with Crippen LogP contribution in [0.1, 0.15) is 44.2 Å². The molecule has 1 aromatic heterocycles. The van der Waals surface area contributed by atoms with Crippen molar-refractivity contribution in [1.82, 2.24) is 4.98 Å². The minimum atomic E-state index is -4.08. The molecule has 3 N–H and O–H groups in total. The van der Waals surface area contributed by atoms with Crippen molar-refractivity contribution >= 4 is 11.5 Å². The van der Waals surface area contributed by atoms with E-state index in [0.29, 0.717) is 25.0 Å². The second-order valence-electron chi connectivity index (χ2n) is 7.77. The van der Waals surface area contributed by atoms with Gasteiger partial charge in [-0.05, 0) is 63.5 Å². The Bertz CT molecular complexity index is 589. The molecule has 2 aliphatic rings. The van der Waals surface area contributed by atoms with Crippen molar-refractivity contribution in [2.45, 2.75) is 57.7 Å². The summed E-state index contributed by atoms with van der Waals surface area (Å²) in [4.78, 5) is 6.58. The fraction of sp³-hybridized carbons (Fsp3) is 0.737. The monoisotopic (exact) mass is 370 g/mol. The number of pyridine rings is 1. The highest BCUT2D eigenvalue weighted by atomic mass is 19.4. The predicted molar refractivity (Wildman–Crippen MR) is 98.4 cm³/mol. The van der Waals surface area contributed by atoms with Gasteiger partial charge in [-0.1, -0.05) is 0 Å². The van der Waals surface area contributed by atoms with Crippen molar-refractivity contribution in [3.8, 4) is 0 Å². The molecule has 2 heterocycles. The fourth-order valence-electron chi connectivity index (χ4n) is 3.99. The molecule has 2 fully saturated rings. The van der Waals surface area contributed by atoms with Gasteiger partial charge in [0.2, 0.25) is 0 Å². The van der Waals surface area contributed by atoms with Gasteiger partial charge in [0.25, 0.3) is 0 Å². The van der Waals surface area contributed by atoms with Crippen molar-refractivity contribution in [3.05, 3.63) is 17.8 Å². The quantitative estimate of drug-likeness (QED) is 0.838. The summed E-state index contributed by atoms with van der Waals surface area (Å²) in [7, 11) is 0. The van der Waals surface area contributed by atoms with Crippen LogP contribution in [0.2, 0.25) is 0 Å². The molecule has 3 rings (SSSR count). The lowest BCUT2D eigenvalue weighted by atomic mass is 9.86. The number of halogens is 3. The zero-order valence-electron chi connectivity index (χ0n) is 15.4.